The molecule has 0 aliphatic heterocycles. The Morgan fingerprint density at radius 2 is 1.90 bits per heavy atom. The van der Waals surface area contributed by atoms with Gasteiger partial charge in [-0.2, -0.15) is 0 Å². The van der Waals surface area contributed by atoms with Gasteiger partial charge in [0.05, 0.1) is 4.90 Å². The predicted molar refractivity (Wildman–Crippen MR) is 75.6 cm³/mol. The average molecular weight is 318 g/mol. The Hall–Kier alpha value is -1.27. The standard InChI is InChI=1S/C13H16ClNO4S/c1-8-5-11(20(14,17)18)6-9(2)13(8)19-7-12(16)15-10-3-4-10/h5-6,10H,3-4,7H2,1-2H3,(H,15,16). The molecule has 7 heteroatoms. The highest BCUT2D eigenvalue weighted by Crippen LogP contribution is 2.28. The fourth-order valence-corrected chi connectivity index (χ4v) is 2.82. The van der Waals surface area contributed by atoms with Crippen LogP contribution in [0.2, 0.25) is 0 Å². The molecule has 0 spiro atoms. The molecule has 1 saturated carbocycles. The molecular formula is C13H16ClNO4S. The van der Waals surface area contributed by atoms with Gasteiger partial charge in [-0.25, -0.2) is 8.42 Å². The van der Waals surface area contributed by atoms with E-state index in [4.69, 9.17) is 15.4 Å². The van der Waals surface area contributed by atoms with Crippen LogP contribution in [0.15, 0.2) is 17.0 Å². The van der Waals surface area contributed by atoms with Gasteiger partial charge in [0, 0.05) is 16.7 Å². The molecule has 0 atom stereocenters. The summed E-state index contributed by atoms with van der Waals surface area (Å²) >= 11 is 0. The second-order valence-electron chi connectivity index (χ2n) is 4.95. The summed E-state index contributed by atoms with van der Waals surface area (Å²) in [5, 5.41) is 2.82. The van der Waals surface area contributed by atoms with Gasteiger partial charge in [-0.3, -0.25) is 4.79 Å². The lowest BCUT2D eigenvalue weighted by Gasteiger charge is -2.13. The van der Waals surface area contributed by atoms with Gasteiger partial charge >= 0.3 is 0 Å². The van der Waals surface area contributed by atoms with Crippen molar-refractivity contribution in [2.24, 2.45) is 0 Å². The summed E-state index contributed by atoms with van der Waals surface area (Å²) in [6.07, 6.45) is 2.04. The van der Waals surface area contributed by atoms with Crippen molar-refractivity contribution in [1.82, 2.24) is 5.32 Å². The van der Waals surface area contributed by atoms with Gasteiger partial charge < -0.3 is 10.1 Å². The monoisotopic (exact) mass is 317 g/mol. The van der Waals surface area contributed by atoms with Gasteiger partial charge in [-0.1, -0.05) is 0 Å². The van der Waals surface area contributed by atoms with E-state index in [2.05, 4.69) is 5.32 Å². The van der Waals surface area contributed by atoms with Crippen molar-refractivity contribution in [3.05, 3.63) is 23.3 Å². The summed E-state index contributed by atoms with van der Waals surface area (Å²) in [7, 11) is 1.55. The second kappa shape index (κ2) is 5.61. The molecule has 0 aromatic heterocycles. The van der Waals surface area contributed by atoms with E-state index in [0.717, 1.165) is 12.8 Å². The van der Waals surface area contributed by atoms with Crippen LogP contribution in [-0.4, -0.2) is 27.0 Å². The van der Waals surface area contributed by atoms with Gasteiger partial charge in [0.2, 0.25) is 0 Å². The fourth-order valence-electron chi connectivity index (χ4n) is 1.91. The Balaban J connectivity index is 2.09. The van der Waals surface area contributed by atoms with Crippen LogP contribution in [0.3, 0.4) is 0 Å². The highest BCUT2D eigenvalue weighted by Gasteiger charge is 2.23. The summed E-state index contributed by atoms with van der Waals surface area (Å²) in [5.41, 5.74) is 1.26. The first-order valence-corrected chi connectivity index (χ1v) is 8.56. The molecule has 2 rings (SSSR count). The van der Waals surface area contributed by atoms with E-state index in [1.807, 2.05) is 0 Å². The molecule has 1 aromatic rings. The maximum Gasteiger partial charge on any atom is 0.261 e. The molecule has 5 nitrogen and oxygen atoms in total. The topological polar surface area (TPSA) is 72.5 Å². The van der Waals surface area contributed by atoms with E-state index in [-0.39, 0.29) is 23.5 Å². The lowest BCUT2D eigenvalue weighted by Crippen LogP contribution is -2.30. The summed E-state index contributed by atoms with van der Waals surface area (Å²) in [5.74, 6) is 0.348. The summed E-state index contributed by atoms with van der Waals surface area (Å²) in [6, 6.07) is 3.16. The zero-order chi connectivity index (χ0) is 14.9. The Morgan fingerprint density at radius 1 is 1.35 bits per heavy atom. The van der Waals surface area contributed by atoms with Crippen LogP contribution in [0, 0.1) is 13.8 Å². The third-order valence-corrected chi connectivity index (χ3v) is 4.34. The molecule has 0 saturated heterocycles. The quantitative estimate of drug-likeness (QED) is 0.842. The number of carbonyl (C=O) groups is 1. The zero-order valence-electron chi connectivity index (χ0n) is 11.3. The number of aryl methyl sites for hydroxylation is 2. The van der Waals surface area contributed by atoms with Crippen LogP contribution in [0.25, 0.3) is 0 Å². The Kier molecular flexibility index (Phi) is 4.25. The number of hydrogen-bond acceptors (Lipinski definition) is 4. The van der Waals surface area contributed by atoms with Crippen LogP contribution in [0.4, 0.5) is 0 Å². The third-order valence-electron chi connectivity index (χ3n) is 3.01. The van der Waals surface area contributed by atoms with Gasteiger partial charge in [0.25, 0.3) is 15.0 Å². The number of hydrogen-bond donors (Lipinski definition) is 1. The van der Waals surface area contributed by atoms with Gasteiger partial charge in [0.1, 0.15) is 5.75 Å². The van der Waals surface area contributed by atoms with E-state index in [1.165, 1.54) is 12.1 Å². The summed E-state index contributed by atoms with van der Waals surface area (Å²) in [4.78, 5) is 11.6. The molecule has 1 amide bonds. The van der Waals surface area contributed by atoms with Crippen LogP contribution in [-0.2, 0) is 13.8 Å². The minimum Gasteiger partial charge on any atom is -0.483 e. The lowest BCUT2D eigenvalue weighted by atomic mass is 10.1. The number of carbonyl (C=O) groups excluding carboxylic acids is 1. The summed E-state index contributed by atoms with van der Waals surface area (Å²) in [6.45, 7) is 3.35. The van der Waals surface area contributed by atoms with Crippen LogP contribution < -0.4 is 10.1 Å². The van der Waals surface area contributed by atoms with E-state index in [0.29, 0.717) is 16.9 Å². The molecule has 20 heavy (non-hydrogen) atoms. The highest BCUT2D eigenvalue weighted by molar-refractivity contribution is 8.13. The van der Waals surface area contributed by atoms with Gasteiger partial charge in [0.15, 0.2) is 6.61 Å². The number of rotatable bonds is 5. The fraction of sp³-hybridized carbons (Fsp3) is 0.462. The van der Waals surface area contributed by atoms with Crippen molar-refractivity contribution in [3.8, 4) is 5.75 Å². The predicted octanol–water partition coefficient (Wildman–Crippen LogP) is 1.89. The van der Waals surface area contributed by atoms with Crippen LogP contribution in [0.1, 0.15) is 24.0 Å². The molecular weight excluding hydrogens is 302 g/mol. The van der Waals surface area contributed by atoms with E-state index in [1.54, 1.807) is 13.8 Å². The van der Waals surface area contributed by atoms with Gasteiger partial charge in [-0.15, -0.1) is 0 Å². The SMILES string of the molecule is Cc1cc(S(=O)(=O)Cl)cc(C)c1OCC(=O)NC1CC1. The minimum atomic E-state index is -3.77. The first kappa shape index (κ1) is 15.1. The number of amides is 1. The molecule has 0 heterocycles. The number of ether oxygens (including phenoxy) is 1. The van der Waals surface area contributed by atoms with Gasteiger partial charge in [-0.05, 0) is 49.9 Å². The van der Waals surface area contributed by atoms with E-state index >= 15 is 0 Å². The second-order valence-corrected chi connectivity index (χ2v) is 7.52. The number of halogens is 1. The highest BCUT2D eigenvalue weighted by atomic mass is 35.7. The van der Waals surface area contributed by atoms with E-state index in [9.17, 15) is 13.2 Å². The van der Waals surface area contributed by atoms with Crippen molar-refractivity contribution in [2.45, 2.75) is 37.6 Å². The number of benzene rings is 1. The minimum absolute atomic E-state index is 0.0314. The molecule has 1 aromatic carbocycles. The van der Waals surface area contributed by atoms with Crippen molar-refractivity contribution >= 4 is 25.6 Å². The first-order valence-electron chi connectivity index (χ1n) is 6.25. The molecule has 1 N–H and O–H groups in total. The van der Waals surface area contributed by atoms with Crippen LogP contribution in [0.5, 0.6) is 5.75 Å². The van der Waals surface area contributed by atoms with Crippen LogP contribution >= 0.6 is 10.7 Å². The van der Waals surface area contributed by atoms with Crippen molar-refractivity contribution in [1.29, 1.82) is 0 Å². The first-order chi connectivity index (χ1) is 9.27. The molecule has 1 fully saturated rings. The largest absolute Gasteiger partial charge is 0.483 e. The van der Waals surface area contributed by atoms with E-state index < -0.39 is 9.05 Å². The maximum atomic E-state index is 11.6. The number of nitrogens with one attached hydrogen (secondary N) is 1. The molecule has 1 aliphatic rings. The normalized spacial score (nSPS) is 14.9. The molecule has 0 radical (unpaired) electrons. The maximum absolute atomic E-state index is 11.6. The zero-order valence-corrected chi connectivity index (χ0v) is 12.8. The Morgan fingerprint density at radius 3 is 2.35 bits per heavy atom. The molecule has 110 valence electrons. The van der Waals surface area contributed by atoms with Crippen molar-refractivity contribution in [3.63, 3.8) is 0 Å². The van der Waals surface area contributed by atoms with Crippen molar-refractivity contribution < 1.29 is 17.9 Å². The smallest absolute Gasteiger partial charge is 0.261 e. The summed E-state index contributed by atoms with van der Waals surface area (Å²) < 4.78 is 28.1. The third kappa shape index (κ3) is 3.86. The Bertz CT molecular complexity index is 615. The lowest BCUT2D eigenvalue weighted by molar-refractivity contribution is -0.123. The van der Waals surface area contributed by atoms with Crippen molar-refractivity contribution in [2.75, 3.05) is 6.61 Å². The molecule has 1 aliphatic carbocycles. The Labute approximate surface area is 122 Å². The molecule has 0 bridgehead atoms. The molecule has 0 unspecified atom stereocenters. The average Bonchev–Trinajstić information content (AvgIpc) is 3.10.